The third-order valence-corrected chi connectivity index (χ3v) is 6.93. The highest BCUT2D eigenvalue weighted by atomic mass is 35.5. The normalized spacial score (nSPS) is 21.3. The number of esters is 1. The van der Waals surface area contributed by atoms with Gasteiger partial charge in [0.1, 0.15) is 0 Å². The van der Waals surface area contributed by atoms with Gasteiger partial charge in [0, 0.05) is 23.2 Å². The highest BCUT2D eigenvalue weighted by molar-refractivity contribution is 7.91. The first kappa shape index (κ1) is 19.9. The Balaban J connectivity index is 1.54. The van der Waals surface area contributed by atoms with Crippen molar-refractivity contribution in [1.82, 2.24) is 4.90 Å². The number of rotatable bonds is 6. The monoisotopic (exact) mass is 411 g/mol. The van der Waals surface area contributed by atoms with E-state index in [4.69, 9.17) is 16.3 Å². The van der Waals surface area contributed by atoms with E-state index in [0.717, 1.165) is 24.0 Å². The first-order valence-corrected chi connectivity index (χ1v) is 11.1. The number of nitrogens with zero attached hydrogens (tertiary/aromatic N) is 1. The number of benzene rings is 1. The zero-order valence-corrected chi connectivity index (χ0v) is 16.6. The van der Waals surface area contributed by atoms with E-state index in [1.54, 1.807) is 17.0 Å². The first-order valence-electron chi connectivity index (χ1n) is 8.88. The van der Waals surface area contributed by atoms with Gasteiger partial charge in [-0.1, -0.05) is 23.7 Å². The number of hydrogen-bond donors (Lipinski definition) is 0. The van der Waals surface area contributed by atoms with Crippen LogP contribution in [0.15, 0.2) is 24.3 Å². The second-order valence-corrected chi connectivity index (χ2v) is 9.67. The Morgan fingerprint density at radius 1 is 1.26 bits per heavy atom. The molecule has 0 spiro atoms. The molecule has 1 aromatic rings. The lowest BCUT2D eigenvalue weighted by atomic mass is 10.1. The fourth-order valence-electron chi connectivity index (χ4n) is 3.19. The molecular weight excluding hydrogens is 390 g/mol. The molecule has 1 amide bonds. The average molecular weight is 412 g/mol. The summed E-state index contributed by atoms with van der Waals surface area (Å²) in [6.45, 7) is 1.50. The number of carbonyl (C=O) groups excluding carboxylic acids is 2. The van der Waals surface area contributed by atoms with Crippen LogP contribution in [0.1, 0.15) is 30.4 Å². The molecule has 27 heavy (non-hydrogen) atoms. The summed E-state index contributed by atoms with van der Waals surface area (Å²) in [7, 11) is -3.08. The number of sulfone groups is 1. The van der Waals surface area contributed by atoms with Crippen LogP contribution in [0, 0.1) is 6.92 Å². The minimum absolute atomic E-state index is 0.00271. The van der Waals surface area contributed by atoms with E-state index >= 15 is 0 Å². The van der Waals surface area contributed by atoms with Crippen molar-refractivity contribution in [3.8, 4) is 0 Å². The molecule has 1 aromatic carbocycles. The standard InChI is InChI=1S/C19H22ClNO5S/c1-13-2-3-14(10-17(13)20)4-7-19(23)26-11-18(22)21(15-5-6-15)16-8-9-27(24,25)12-16/h2-4,7,10,15-16H,5-6,8-9,11-12H2,1H3/b7-4+/t16-/m1/s1. The number of halogens is 1. The van der Waals surface area contributed by atoms with Gasteiger partial charge in [0.05, 0.1) is 11.5 Å². The highest BCUT2D eigenvalue weighted by Crippen LogP contribution is 2.32. The Morgan fingerprint density at radius 2 is 2.00 bits per heavy atom. The number of carbonyl (C=O) groups is 2. The summed E-state index contributed by atoms with van der Waals surface area (Å²) in [5.74, 6) is -0.859. The van der Waals surface area contributed by atoms with E-state index in [2.05, 4.69) is 0 Å². The third-order valence-electron chi connectivity index (χ3n) is 4.78. The zero-order chi connectivity index (χ0) is 19.6. The van der Waals surface area contributed by atoms with Crippen LogP contribution >= 0.6 is 11.6 Å². The van der Waals surface area contributed by atoms with E-state index in [-0.39, 0.29) is 36.1 Å². The maximum atomic E-state index is 12.5. The lowest BCUT2D eigenvalue weighted by Crippen LogP contribution is -2.44. The van der Waals surface area contributed by atoms with Gasteiger partial charge in [-0.3, -0.25) is 4.79 Å². The van der Waals surface area contributed by atoms with Crippen LogP contribution in [0.4, 0.5) is 0 Å². The van der Waals surface area contributed by atoms with Gasteiger partial charge in [0.15, 0.2) is 16.4 Å². The molecule has 1 saturated carbocycles. The molecule has 6 nitrogen and oxygen atoms in total. The van der Waals surface area contributed by atoms with Gasteiger partial charge in [-0.05, 0) is 49.5 Å². The number of ether oxygens (including phenoxy) is 1. The molecule has 0 bridgehead atoms. The minimum Gasteiger partial charge on any atom is -0.452 e. The van der Waals surface area contributed by atoms with E-state index < -0.39 is 15.8 Å². The van der Waals surface area contributed by atoms with Gasteiger partial charge in [0.2, 0.25) is 0 Å². The van der Waals surface area contributed by atoms with Crippen molar-refractivity contribution < 1.29 is 22.7 Å². The molecular formula is C19H22ClNO5S. The molecule has 0 aromatic heterocycles. The maximum absolute atomic E-state index is 12.5. The fourth-order valence-corrected chi connectivity index (χ4v) is 5.09. The first-order chi connectivity index (χ1) is 12.7. The molecule has 1 aliphatic heterocycles. The molecule has 1 atom stereocenters. The summed E-state index contributed by atoms with van der Waals surface area (Å²) in [6, 6.07) is 5.17. The predicted molar refractivity (Wildman–Crippen MR) is 103 cm³/mol. The summed E-state index contributed by atoms with van der Waals surface area (Å²) in [5, 5.41) is 0.604. The molecule has 2 fully saturated rings. The van der Waals surface area contributed by atoms with Crippen molar-refractivity contribution >= 4 is 39.4 Å². The summed E-state index contributed by atoms with van der Waals surface area (Å²) in [4.78, 5) is 26.0. The van der Waals surface area contributed by atoms with Crippen molar-refractivity contribution in [2.24, 2.45) is 0 Å². The van der Waals surface area contributed by atoms with Gasteiger partial charge in [-0.25, -0.2) is 13.2 Å². The van der Waals surface area contributed by atoms with Crippen molar-refractivity contribution in [3.05, 3.63) is 40.4 Å². The Morgan fingerprint density at radius 3 is 2.59 bits per heavy atom. The van der Waals surface area contributed by atoms with Crippen molar-refractivity contribution in [2.75, 3.05) is 18.1 Å². The second kappa shape index (κ2) is 8.02. The zero-order valence-electron chi connectivity index (χ0n) is 15.1. The minimum atomic E-state index is -3.08. The van der Waals surface area contributed by atoms with Gasteiger partial charge in [-0.15, -0.1) is 0 Å². The van der Waals surface area contributed by atoms with Crippen LogP contribution in [-0.2, 0) is 24.2 Å². The van der Waals surface area contributed by atoms with Gasteiger partial charge in [-0.2, -0.15) is 0 Å². The fraction of sp³-hybridized carbons (Fsp3) is 0.474. The van der Waals surface area contributed by atoms with Crippen molar-refractivity contribution in [3.63, 3.8) is 0 Å². The molecule has 146 valence electrons. The Labute approximate surface area is 164 Å². The lowest BCUT2D eigenvalue weighted by molar-refractivity contribution is -0.149. The van der Waals surface area contributed by atoms with E-state index in [0.29, 0.717) is 11.4 Å². The summed E-state index contributed by atoms with van der Waals surface area (Å²) >= 11 is 6.04. The Bertz CT molecular complexity index is 876. The summed E-state index contributed by atoms with van der Waals surface area (Å²) in [6.07, 6.45) is 5.00. The summed E-state index contributed by atoms with van der Waals surface area (Å²) in [5.41, 5.74) is 1.70. The third kappa shape index (κ3) is 5.32. The molecule has 0 unspecified atom stereocenters. The second-order valence-electron chi connectivity index (χ2n) is 7.04. The average Bonchev–Trinajstić information content (AvgIpc) is 3.37. The maximum Gasteiger partial charge on any atom is 0.331 e. The molecule has 1 saturated heterocycles. The van der Waals surface area contributed by atoms with Gasteiger partial charge >= 0.3 is 5.97 Å². The Kier molecular flexibility index (Phi) is 5.91. The lowest BCUT2D eigenvalue weighted by Gasteiger charge is -2.28. The van der Waals surface area contributed by atoms with Crippen molar-refractivity contribution in [2.45, 2.75) is 38.3 Å². The molecule has 0 N–H and O–H groups in total. The number of hydrogen-bond acceptors (Lipinski definition) is 5. The molecule has 0 radical (unpaired) electrons. The largest absolute Gasteiger partial charge is 0.452 e. The van der Waals surface area contributed by atoms with E-state index in [1.807, 2.05) is 19.1 Å². The Hall–Kier alpha value is -1.86. The number of amides is 1. The quantitative estimate of drug-likeness (QED) is 0.530. The summed E-state index contributed by atoms with van der Waals surface area (Å²) < 4.78 is 28.5. The highest BCUT2D eigenvalue weighted by Gasteiger charge is 2.42. The molecule has 2 aliphatic rings. The van der Waals surface area contributed by atoms with Gasteiger partial charge < -0.3 is 9.64 Å². The van der Waals surface area contributed by atoms with Crippen LogP contribution in [-0.4, -0.2) is 55.4 Å². The molecule has 3 rings (SSSR count). The van der Waals surface area contributed by atoms with Crippen molar-refractivity contribution in [1.29, 1.82) is 0 Å². The molecule has 1 aliphatic carbocycles. The molecule has 1 heterocycles. The smallest absolute Gasteiger partial charge is 0.331 e. The van der Waals surface area contributed by atoms with E-state index in [1.165, 1.54) is 6.08 Å². The number of aryl methyl sites for hydroxylation is 1. The van der Waals surface area contributed by atoms with E-state index in [9.17, 15) is 18.0 Å². The van der Waals surface area contributed by atoms with Gasteiger partial charge in [0.25, 0.3) is 5.91 Å². The topological polar surface area (TPSA) is 80.8 Å². The van der Waals surface area contributed by atoms with Crippen LogP contribution in [0.2, 0.25) is 5.02 Å². The van der Waals surface area contributed by atoms with Crippen LogP contribution < -0.4 is 0 Å². The van der Waals surface area contributed by atoms with Crippen LogP contribution in [0.5, 0.6) is 0 Å². The molecule has 8 heteroatoms. The van der Waals surface area contributed by atoms with Crippen LogP contribution in [0.25, 0.3) is 6.08 Å². The predicted octanol–water partition coefficient (Wildman–Crippen LogP) is 2.38. The van der Waals surface area contributed by atoms with Crippen LogP contribution in [0.3, 0.4) is 0 Å². The SMILES string of the molecule is Cc1ccc(/C=C/C(=O)OCC(=O)N(C2CC2)[C@@H]2CCS(=O)(=O)C2)cc1Cl.